The van der Waals surface area contributed by atoms with E-state index in [1.807, 2.05) is 27.7 Å². The summed E-state index contributed by atoms with van der Waals surface area (Å²) < 4.78 is 44.4. The second-order valence-electron chi connectivity index (χ2n) is 19.3. The quantitative estimate of drug-likeness (QED) is 0.143. The highest BCUT2D eigenvalue weighted by atomic mass is 16.7. The number of fused-ring (bicyclic) bond motifs is 3. The smallest absolute Gasteiger partial charge is 0.407 e. The monoisotopic (exact) mass is 825 g/mol. The Balaban J connectivity index is 1.52. The van der Waals surface area contributed by atoms with Crippen LogP contribution in [0.15, 0.2) is 54.1 Å². The third-order valence-corrected chi connectivity index (χ3v) is 13.3. The maximum atomic E-state index is 14.5. The van der Waals surface area contributed by atoms with E-state index in [1.165, 1.54) is 6.92 Å². The van der Waals surface area contributed by atoms with Gasteiger partial charge in [0.25, 0.3) is 0 Å². The van der Waals surface area contributed by atoms with Gasteiger partial charge in [0.05, 0.1) is 47.4 Å². The number of esters is 3. The molecule has 14 nitrogen and oxygen atoms in total. The molecule has 1 aromatic rings. The molecule has 0 radical (unpaired) electrons. The van der Waals surface area contributed by atoms with E-state index in [9.17, 15) is 29.4 Å². The Hall–Kier alpha value is -3.82. The minimum Gasteiger partial charge on any atom is -0.457 e. The van der Waals surface area contributed by atoms with Gasteiger partial charge in [0, 0.05) is 31.1 Å². The molecule has 2 aliphatic heterocycles. The SMILES string of the molecule is C=CC1O[C@H]2CC3OC[C@@]3(OC(C)=O)[C@H]3[C@H](OC(=O)c4ccccc4)[C@]4(C(C)(C)O)C[C@H](OC(=O)C(O)[C@H](CC(C)C)NC(=O)OC(C)(C)C)C(C)=C4[C@H](C)[C@H](O1)[C@]23C. The van der Waals surface area contributed by atoms with Crippen LogP contribution in [0.1, 0.15) is 106 Å². The highest BCUT2D eigenvalue weighted by Crippen LogP contribution is 2.70. The normalized spacial score (nSPS) is 36.0. The lowest BCUT2D eigenvalue weighted by molar-refractivity contribution is -0.391. The van der Waals surface area contributed by atoms with Gasteiger partial charge in [-0.3, -0.25) is 4.79 Å². The van der Waals surface area contributed by atoms with E-state index >= 15 is 0 Å². The summed E-state index contributed by atoms with van der Waals surface area (Å²) in [5, 5.41) is 27.0. The third kappa shape index (κ3) is 7.73. The van der Waals surface area contributed by atoms with Crippen molar-refractivity contribution in [2.24, 2.45) is 28.6 Å². The zero-order chi connectivity index (χ0) is 43.6. The highest BCUT2D eigenvalue weighted by Gasteiger charge is 2.80. The van der Waals surface area contributed by atoms with Crippen LogP contribution in [0.5, 0.6) is 0 Å². The van der Waals surface area contributed by atoms with E-state index in [1.54, 1.807) is 78.0 Å². The van der Waals surface area contributed by atoms with E-state index in [2.05, 4.69) is 11.9 Å². The average molecular weight is 826 g/mol. The van der Waals surface area contributed by atoms with Gasteiger partial charge < -0.3 is 48.7 Å². The molecular formula is C45H63NO13. The molecule has 5 aliphatic rings. The molecule has 1 aromatic carbocycles. The summed E-state index contributed by atoms with van der Waals surface area (Å²) in [6.45, 7) is 23.2. The number of amides is 1. The zero-order valence-electron chi connectivity index (χ0n) is 36.2. The molecule has 13 atom stereocenters. The van der Waals surface area contributed by atoms with Gasteiger partial charge in [-0.05, 0) is 83.2 Å². The van der Waals surface area contributed by atoms with Crippen LogP contribution in [0.3, 0.4) is 0 Å². The van der Waals surface area contributed by atoms with Crippen LogP contribution < -0.4 is 5.32 Å². The Morgan fingerprint density at radius 2 is 1.71 bits per heavy atom. The zero-order valence-corrected chi connectivity index (χ0v) is 36.2. The number of carbonyl (C=O) groups excluding carboxylic acids is 4. The fraction of sp³-hybridized carbons (Fsp3) is 0.689. The minimum atomic E-state index is -1.79. The summed E-state index contributed by atoms with van der Waals surface area (Å²) in [7, 11) is 0. The number of aliphatic hydroxyl groups is 2. The van der Waals surface area contributed by atoms with Gasteiger partial charge in [-0.25, -0.2) is 14.4 Å². The Kier molecular flexibility index (Phi) is 12.1. The van der Waals surface area contributed by atoms with E-state index < -0.39 is 112 Å². The van der Waals surface area contributed by atoms with Crippen LogP contribution >= 0.6 is 0 Å². The maximum Gasteiger partial charge on any atom is 0.407 e. The molecule has 3 N–H and O–H groups in total. The van der Waals surface area contributed by atoms with Gasteiger partial charge in [0.1, 0.15) is 23.9 Å². The maximum absolute atomic E-state index is 14.5. The third-order valence-electron chi connectivity index (χ3n) is 13.3. The van der Waals surface area contributed by atoms with Gasteiger partial charge in [-0.15, -0.1) is 0 Å². The van der Waals surface area contributed by atoms with Crippen molar-refractivity contribution in [1.82, 2.24) is 5.32 Å². The second-order valence-corrected chi connectivity index (χ2v) is 19.3. The lowest BCUT2D eigenvalue weighted by Crippen LogP contribution is -2.80. The standard InChI is InChI=1S/C45H63NO13/c1-13-32-55-30-20-31-45(22-53-31,58-26(6)47)35-37(57-38(49)27-17-15-14-16-18-27)44(42(10,11)52)21-29(24(4)33(44)25(5)36(56-32)43(30,35)12)54-39(50)34(48)28(19-23(2)3)46-40(51)59-41(7,8)9/h13-18,23,25,28-32,34-37,48,52H,1,19-22H2,2-12H3,(H,46,51)/t25-,28-,29-,30-,31?,32?,34?,35-,36-,37-,43+,44-,45-/m0/s1. The Morgan fingerprint density at radius 1 is 1.05 bits per heavy atom. The van der Waals surface area contributed by atoms with Crippen molar-refractivity contribution in [2.75, 3.05) is 6.61 Å². The number of ether oxygens (including phenoxy) is 7. The predicted octanol–water partition coefficient (Wildman–Crippen LogP) is 5.57. The highest BCUT2D eigenvalue weighted by molar-refractivity contribution is 5.89. The molecule has 59 heavy (non-hydrogen) atoms. The van der Waals surface area contributed by atoms with Crippen LogP contribution in [0.4, 0.5) is 4.79 Å². The molecule has 0 aromatic heterocycles. The Bertz CT molecular complexity index is 1830. The average Bonchev–Trinajstić information content (AvgIpc) is 3.39. The van der Waals surface area contributed by atoms with Crippen molar-refractivity contribution >= 4 is 24.0 Å². The summed E-state index contributed by atoms with van der Waals surface area (Å²) in [5.41, 5.74) is -4.92. The van der Waals surface area contributed by atoms with E-state index in [0.29, 0.717) is 17.6 Å². The number of hydrogen-bond acceptors (Lipinski definition) is 13. The lowest BCUT2D eigenvalue weighted by atomic mass is 9.49. The first-order valence-electron chi connectivity index (χ1n) is 20.7. The molecule has 1 amide bonds. The van der Waals surface area contributed by atoms with Crippen LogP contribution in [0, 0.1) is 28.6 Å². The van der Waals surface area contributed by atoms with Gasteiger partial charge in [0.15, 0.2) is 18.0 Å². The fourth-order valence-corrected chi connectivity index (χ4v) is 11.1. The number of benzene rings is 1. The molecule has 0 spiro atoms. The minimum absolute atomic E-state index is 0.0118. The van der Waals surface area contributed by atoms with Crippen molar-refractivity contribution in [3.63, 3.8) is 0 Å². The summed E-state index contributed by atoms with van der Waals surface area (Å²) >= 11 is 0. The first-order valence-corrected chi connectivity index (χ1v) is 20.7. The molecule has 2 heterocycles. The van der Waals surface area contributed by atoms with E-state index in [4.69, 9.17) is 33.2 Å². The number of alkyl carbamates (subject to hydrolysis) is 1. The summed E-state index contributed by atoms with van der Waals surface area (Å²) in [4.78, 5) is 54.6. The molecular weight excluding hydrogens is 762 g/mol. The summed E-state index contributed by atoms with van der Waals surface area (Å²) in [6, 6.07) is 7.43. The molecule has 14 heteroatoms. The number of rotatable bonds is 11. The van der Waals surface area contributed by atoms with Gasteiger partial charge >= 0.3 is 24.0 Å². The Morgan fingerprint density at radius 3 is 2.25 bits per heavy atom. The van der Waals surface area contributed by atoms with Crippen LogP contribution in [0.25, 0.3) is 0 Å². The van der Waals surface area contributed by atoms with Crippen molar-refractivity contribution in [1.29, 1.82) is 0 Å². The van der Waals surface area contributed by atoms with Crippen molar-refractivity contribution < 1.29 is 62.5 Å². The fourth-order valence-electron chi connectivity index (χ4n) is 11.1. The van der Waals surface area contributed by atoms with E-state index in [-0.39, 0.29) is 30.9 Å². The molecule has 3 unspecified atom stereocenters. The van der Waals surface area contributed by atoms with Gasteiger partial charge in [0.2, 0.25) is 0 Å². The number of aliphatic hydroxyl groups excluding tert-OH is 1. The van der Waals surface area contributed by atoms with Gasteiger partial charge in [-0.1, -0.05) is 52.5 Å². The van der Waals surface area contributed by atoms with Crippen molar-refractivity contribution in [3.05, 3.63) is 59.7 Å². The first-order chi connectivity index (χ1) is 27.4. The lowest BCUT2D eigenvalue weighted by Gasteiger charge is -2.67. The molecule has 6 rings (SSSR count). The summed E-state index contributed by atoms with van der Waals surface area (Å²) in [6.07, 6.45) is -5.55. The number of nitrogens with one attached hydrogen (secondary N) is 1. The van der Waals surface area contributed by atoms with Crippen LogP contribution in [-0.2, 0) is 42.7 Å². The second kappa shape index (κ2) is 15.9. The molecule has 0 bridgehead atoms. The molecule has 326 valence electrons. The molecule has 2 saturated carbocycles. The number of carbonyl (C=O) groups is 4. The molecule has 3 aliphatic carbocycles. The van der Waals surface area contributed by atoms with Gasteiger partial charge in [-0.2, -0.15) is 0 Å². The van der Waals surface area contributed by atoms with Crippen molar-refractivity contribution in [3.8, 4) is 0 Å². The first kappa shape index (κ1) is 44.7. The largest absolute Gasteiger partial charge is 0.457 e. The summed E-state index contributed by atoms with van der Waals surface area (Å²) in [5.74, 6) is -3.69. The van der Waals surface area contributed by atoms with E-state index in [0.717, 1.165) is 0 Å². The number of hydrogen-bond donors (Lipinski definition) is 3. The topological polar surface area (TPSA) is 185 Å². The molecule has 2 saturated heterocycles. The van der Waals surface area contributed by atoms with Crippen molar-refractivity contribution in [2.45, 2.75) is 161 Å². The van der Waals surface area contributed by atoms with Crippen LogP contribution in [0.2, 0.25) is 0 Å². The Labute approximate surface area is 347 Å². The molecule has 4 fully saturated rings. The predicted molar refractivity (Wildman–Crippen MR) is 214 cm³/mol. The van der Waals surface area contributed by atoms with Crippen LogP contribution in [-0.4, -0.2) is 107 Å².